The SMILES string of the molecule is Nc1ccn(-c2c(Cl)cc(C(F)(F)F)cc2Cl)n1. The summed E-state index contributed by atoms with van der Waals surface area (Å²) in [4.78, 5) is 0. The normalized spacial score (nSPS) is 11.8. The number of halogens is 5. The van der Waals surface area contributed by atoms with E-state index in [0.717, 1.165) is 12.1 Å². The van der Waals surface area contributed by atoms with Crippen LogP contribution >= 0.6 is 23.2 Å². The number of hydrogen-bond acceptors (Lipinski definition) is 2. The van der Waals surface area contributed by atoms with Gasteiger partial charge < -0.3 is 5.73 Å². The molecule has 8 heteroatoms. The van der Waals surface area contributed by atoms with Crippen molar-refractivity contribution in [3.63, 3.8) is 0 Å². The van der Waals surface area contributed by atoms with Crippen molar-refractivity contribution in [3.8, 4) is 5.69 Å². The van der Waals surface area contributed by atoms with E-state index in [1.165, 1.54) is 16.9 Å². The Morgan fingerprint density at radius 1 is 1.17 bits per heavy atom. The zero-order chi connectivity index (χ0) is 13.5. The van der Waals surface area contributed by atoms with Crippen molar-refractivity contribution >= 4 is 29.0 Å². The van der Waals surface area contributed by atoms with Gasteiger partial charge in [-0.05, 0) is 12.1 Å². The highest BCUT2D eigenvalue weighted by molar-refractivity contribution is 6.37. The van der Waals surface area contributed by atoms with Crippen molar-refractivity contribution in [2.24, 2.45) is 0 Å². The van der Waals surface area contributed by atoms with Crippen molar-refractivity contribution in [1.82, 2.24) is 9.78 Å². The molecule has 3 nitrogen and oxygen atoms in total. The standard InChI is InChI=1S/C10H6Cl2F3N3/c11-6-3-5(10(13,14)15)4-7(12)9(6)18-2-1-8(16)17-18/h1-4H,(H2,16,17). The fourth-order valence-electron chi connectivity index (χ4n) is 1.41. The number of hydrogen-bond donors (Lipinski definition) is 1. The van der Waals surface area contributed by atoms with Crippen molar-refractivity contribution in [3.05, 3.63) is 40.0 Å². The first-order valence-electron chi connectivity index (χ1n) is 4.67. The Bertz CT molecular complexity index is 569. The van der Waals surface area contributed by atoms with Crippen LogP contribution in [-0.2, 0) is 6.18 Å². The number of aromatic nitrogens is 2. The maximum Gasteiger partial charge on any atom is 0.416 e. The lowest BCUT2D eigenvalue weighted by molar-refractivity contribution is -0.137. The predicted molar refractivity (Wildman–Crippen MR) is 63.0 cm³/mol. The summed E-state index contributed by atoms with van der Waals surface area (Å²) in [7, 11) is 0. The van der Waals surface area contributed by atoms with Gasteiger partial charge in [0.05, 0.1) is 15.6 Å². The van der Waals surface area contributed by atoms with Crippen LogP contribution in [0.2, 0.25) is 10.0 Å². The maximum atomic E-state index is 12.5. The molecular weight excluding hydrogens is 290 g/mol. The number of benzene rings is 1. The van der Waals surface area contributed by atoms with E-state index >= 15 is 0 Å². The molecule has 1 aromatic heterocycles. The summed E-state index contributed by atoms with van der Waals surface area (Å²) in [6.07, 6.45) is -3.05. The maximum absolute atomic E-state index is 12.5. The zero-order valence-corrected chi connectivity index (χ0v) is 10.2. The van der Waals surface area contributed by atoms with Gasteiger partial charge in [-0.2, -0.15) is 18.3 Å². The topological polar surface area (TPSA) is 43.8 Å². The lowest BCUT2D eigenvalue weighted by Crippen LogP contribution is -2.07. The molecule has 0 saturated heterocycles. The van der Waals surface area contributed by atoms with E-state index in [-0.39, 0.29) is 21.6 Å². The molecular formula is C10H6Cl2F3N3. The fraction of sp³-hybridized carbons (Fsp3) is 0.100. The molecule has 2 aromatic rings. The van der Waals surface area contributed by atoms with Crippen molar-refractivity contribution in [2.45, 2.75) is 6.18 Å². The average molecular weight is 296 g/mol. The minimum absolute atomic E-state index is 0.155. The Kier molecular flexibility index (Phi) is 3.16. The van der Waals surface area contributed by atoms with Gasteiger partial charge >= 0.3 is 6.18 Å². The molecule has 0 amide bonds. The lowest BCUT2D eigenvalue weighted by Gasteiger charge is -2.12. The van der Waals surface area contributed by atoms with E-state index < -0.39 is 11.7 Å². The third-order valence-corrected chi connectivity index (χ3v) is 2.76. The summed E-state index contributed by atoms with van der Waals surface area (Å²) in [5.41, 5.74) is 4.66. The number of rotatable bonds is 1. The second kappa shape index (κ2) is 4.37. The van der Waals surface area contributed by atoms with Gasteiger partial charge in [0.25, 0.3) is 0 Å². The molecule has 0 aliphatic carbocycles. The highest BCUT2D eigenvalue weighted by Gasteiger charge is 2.32. The minimum Gasteiger partial charge on any atom is -0.382 e. The first kappa shape index (κ1) is 13.0. The number of nitrogens with zero attached hydrogens (tertiary/aromatic N) is 2. The van der Waals surface area contributed by atoms with Crippen LogP contribution in [-0.4, -0.2) is 9.78 Å². The lowest BCUT2D eigenvalue weighted by atomic mass is 10.2. The van der Waals surface area contributed by atoms with Gasteiger partial charge in [-0.1, -0.05) is 23.2 Å². The molecule has 0 spiro atoms. The van der Waals surface area contributed by atoms with Crippen LogP contribution < -0.4 is 5.73 Å². The molecule has 0 unspecified atom stereocenters. The molecule has 1 aromatic carbocycles. The fourth-order valence-corrected chi connectivity index (χ4v) is 2.07. The summed E-state index contributed by atoms with van der Waals surface area (Å²) >= 11 is 11.6. The zero-order valence-electron chi connectivity index (χ0n) is 8.67. The van der Waals surface area contributed by atoms with Gasteiger partial charge in [-0.25, -0.2) is 4.68 Å². The van der Waals surface area contributed by atoms with Crippen LogP contribution in [0.4, 0.5) is 19.0 Å². The van der Waals surface area contributed by atoms with Crippen molar-refractivity contribution in [2.75, 3.05) is 5.73 Å². The Balaban J connectivity index is 2.58. The largest absolute Gasteiger partial charge is 0.416 e. The van der Waals surface area contributed by atoms with Gasteiger partial charge in [-0.15, -0.1) is 0 Å². The van der Waals surface area contributed by atoms with Crippen molar-refractivity contribution < 1.29 is 13.2 Å². The predicted octanol–water partition coefficient (Wildman–Crippen LogP) is 3.78. The second-order valence-corrected chi connectivity index (χ2v) is 4.29. The third kappa shape index (κ3) is 2.39. The molecule has 2 N–H and O–H groups in total. The Labute approximate surface area is 110 Å². The van der Waals surface area contributed by atoms with Crippen molar-refractivity contribution in [1.29, 1.82) is 0 Å². The molecule has 96 valence electrons. The van der Waals surface area contributed by atoms with Gasteiger partial charge in [0, 0.05) is 12.3 Å². The minimum atomic E-state index is -4.51. The molecule has 0 bridgehead atoms. The second-order valence-electron chi connectivity index (χ2n) is 3.47. The molecule has 0 fully saturated rings. The highest BCUT2D eigenvalue weighted by atomic mass is 35.5. The van der Waals surface area contributed by atoms with Crippen LogP contribution in [0.3, 0.4) is 0 Å². The van der Waals surface area contributed by atoms with Gasteiger partial charge in [0.2, 0.25) is 0 Å². The van der Waals surface area contributed by atoms with Crippen LogP contribution in [0.1, 0.15) is 5.56 Å². The molecule has 0 aliphatic heterocycles. The van der Waals surface area contributed by atoms with Gasteiger partial charge in [0.1, 0.15) is 11.5 Å². The molecule has 0 radical (unpaired) electrons. The summed E-state index contributed by atoms with van der Waals surface area (Å²) in [5.74, 6) is 0.210. The monoisotopic (exact) mass is 295 g/mol. The van der Waals surface area contributed by atoms with Gasteiger partial charge in [0.15, 0.2) is 0 Å². The van der Waals surface area contributed by atoms with E-state index in [9.17, 15) is 13.2 Å². The third-order valence-electron chi connectivity index (χ3n) is 2.18. The van der Waals surface area contributed by atoms with E-state index in [1.807, 2.05) is 0 Å². The number of nitrogens with two attached hydrogens (primary N) is 1. The first-order chi connectivity index (χ1) is 8.29. The van der Waals surface area contributed by atoms with Crippen LogP contribution in [0.15, 0.2) is 24.4 Å². The van der Waals surface area contributed by atoms with Crippen LogP contribution in [0, 0.1) is 0 Å². The Morgan fingerprint density at radius 2 is 1.72 bits per heavy atom. The average Bonchev–Trinajstić information content (AvgIpc) is 2.62. The Hall–Kier alpha value is -1.40. The summed E-state index contributed by atoms with van der Waals surface area (Å²) in [6.45, 7) is 0. The van der Waals surface area contributed by atoms with Gasteiger partial charge in [-0.3, -0.25) is 0 Å². The highest BCUT2D eigenvalue weighted by Crippen LogP contribution is 2.37. The quantitative estimate of drug-likeness (QED) is 0.870. The van der Waals surface area contributed by atoms with Crippen LogP contribution in [0.25, 0.3) is 5.69 Å². The number of nitrogen functional groups attached to an aromatic ring is 1. The number of alkyl halides is 3. The van der Waals surface area contributed by atoms with E-state index in [2.05, 4.69) is 5.10 Å². The molecule has 0 saturated carbocycles. The number of anilines is 1. The smallest absolute Gasteiger partial charge is 0.382 e. The summed E-state index contributed by atoms with van der Waals surface area (Å²) < 4.78 is 38.8. The Morgan fingerprint density at radius 3 is 2.11 bits per heavy atom. The van der Waals surface area contributed by atoms with E-state index in [0.29, 0.717) is 0 Å². The van der Waals surface area contributed by atoms with E-state index in [4.69, 9.17) is 28.9 Å². The molecule has 0 atom stereocenters. The van der Waals surface area contributed by atoms with E-state index in [1.54, 1.807) is 0 Å². The molecule has 0 aliphatic rings. The molecule has 2 rings (SSSR count). The summed E-state index contributed by atoms with van der Waals surface area (Å²) in [5, 5.41) is 3.53. The van der Waals surface area contributed by atoms with Crippen LogP contribution in [0.5, 0.6) is 0 Å². The molecule has 18 heavy (non-hydrogen) atoms. The molecule has 1 heterocycles. The first-order valence-corrected chi connectivity index (χ1v) is 5.42. The summed E-state index contributed by atoms with van der Waals surface area (Å²) in [6, 6.07) is 3.06.